The van der Waals surface area contributed by atoms with Crippen LogP contribution in [-0.4, -0.2) is 49.2 Å². The zero-order valence-electron chi connectivity index (χ0n) is 31.3. The van der Waals surface area contributed by atoms with Crippen molar-refractivity contribution in [3.63, 3.8) is 0 Å². The van der Waals surface area contributed by atoms with Crippen LogP contribution in [0.5, 0.6) is 0 Å². The molecule has 0 unspecified atom stereocenters. The fourth-order valence-corrected chi connectivity index (χ4v) is 8.04. The molecule has 2 heterocycles. The van der Waals surface area contributed by atoms with Crippen molar-refractivity contribution in [2.75, 3.05) is 0 Å². The lowest BCUT2D eigenvalue weighted by Crippen LogP contribution is -2.04. The first-order valence-corrected chi connectivity index (χ1v) is 19.8. The van der Waals surface area contributed by atoms with Crippen molar-refractivity contribution >= 4 is 46.3 Å². The van der Waals surface area contributed by atoms with Gasteiger partial charge in [-0.3, -0.25) is 49.6 Å². The van der Waals surface area contributed by atoms with Crippen LogP contribution in [-0.2, 0) is 12.8 Å². The zero-order chi connectivity index (χ0) is 41.3. The molecule has 0 atom stereocenters. The van der Waals surface area contributed by atoms with E-state index in [1.165, 1.54) is 24.3 Å². The number of non-ortho nitro benzene ring substituents is 2. The Labute approximate surface area is 339 Å². The first-order chi connectivity index (χ1) is 27.9. The standard InChI is InChI=1S/C38H36N10O8S2/c1-25-11-15-27(16-12-25)43-35(39-41-37(43)57-33-21-19-29(45(49)50)23-31(33)47(53)54)9-7-5-3-4-6-8-10-36-40-42-38(44(36)28-17-13-26(2)14-18-28)58-34-22-20-30(46(51)52)24-32(34)48(55)56/h11-24H,3-10H2,1-2H3. The highest BCUT2D eigenvalue weighted by atomic mass is 32.2. The minimum Gasteiger partial charge on any atom is -0.274 e. The Morgan fingerprint density at radius 3 is 1.19 bits per heavy atom. The normalized spacial score (nSPS) is 11.1. The summed E-state index contributed by atoms with van der Waals surface area (Å²) in [6.07, 6.45) is 6.63. The van der Waals surface area contributed by atoms with Gasteiger partial charge in [0, 0.05) is 36.3 Å². The average molecular weight is 825 g/mol. The molecule has 0 aliphatic heterocycles. The molecule has 0 saturated carbocycles. The van der Waals surface area contributed by atoms with Crippen molar-refractivity contribution in [2.24, 2.45) is 0 Å². The second-order valence-corrected chi connectivity index (χ2v) is 15.3. The van der Waals surface area contributed by atoms with Crippen LogP contribution in [0, 0.1) is 54.3 Å². The highest BCUT2D eigenvalue weighted by Gasteiger charge is 2.25. The Bertz CT molecular complexity index is 2300. The zero-order valence-corrected chi connectivity index (χ0v) is 32.9. The summed E-state index contributed by atoms with van der Waals surface area (Å²) in [5.41, 5.74) is 2.19. The predicted octanol–water partition coefficient (Wildman–Crippen LogP) is 9.53. The van der Waals surface area contributed by atoms with Crippen LogP contribution >= 0.6 is 23.5 Å². The molecule has 6 aromatic rings. The fourth-order valence-electron chi connectivity index (χ4n) is 6.13. The number of nitrogens with zero attached hydrogens (tertiary/aromatic N) is 10. The minimum absolute atomic E-state index is 0.212. The van der Waals surface area contributed by atoms with E-state index in [4.69, 9.17) is 0 Å². The van der Waals surface area contributed by atoms with Gasteiger partial charge in [0.25, 0.3) is 22.7 Å². The Kier molecular flexibility index (Phi) is 13.2. The summed E-state index contributed by atoms with van der Waals surface area (Å²) < 4.78 is 3.73. The van der Waals surface area contributed by atoms with Gasteiger partial charge in [-0.05, 0) is 86.6 Å². The predicted molar refractivity (Wildman–Crippen MR) is 215 cm³/mol. The number of nitro benzene ring substituents is 4. The maximum atomic E-state index is 11.8. The van der Waals surface area contributed by atoms with Crippen LogP contribution in [0.4, 0.5) is 22.7 Å². The Morgan fingerprint density at radius 2 is 0.845 bits per heavy atom. The van der Waals surface area contributed by atoms with Gasteiger partial charge in [0.1, 0.15) is 11.6 Å². The van der Waals surface area contributed by atoms with Gasteiger partial charge >= 0.3 is 0 Å². The smallest absolute Gasteiger partial charge is 0.274 e. The molecule has 6 rings (SSSR count). The average Bonchev–Trinajstić information content (AvgIpc) is 3.79. The van der Waals surface area contributed by atoms with Crippen LogP contribution in [0.3, 0.4) is 0 Å². The lowest BCUT2D eigenvalue weighted by Gasteiger charge is -2.11. The number of benzene rings is 4. The minimum atomic E-state index is -0.672. The molecule has 0 bridgehead atoms. The quantitative estimate of drug-likeness (QED) is 0.0420. The number of unbranched alkanes of at least 4 members (excludes halogenated alkanes) is 5. The molecule has 20 heteroatoms. The van der Waals surface area contributed by atoms with E-state index in [9.17, 15) is 40.5 Å². The number of rotatable bonds is 19. The van der Waals surface area contributed by atoms with Gasteiger partial charge in [-0.1, -0.05) is 61.1 Å². The maximum absolute atomic E-state index is 11.8. The molecule has 0 spiro atoms. The lowest BCUT2D eigenvalue weighted by atomic mass is 10.1. The van der Waals surface area contributed by atoms with Crippen LogP contribution in [0.2, 0.25) is 0 Å². The van der Waals surface area contributed by atoms with Crippen molar-refractivity contribution < 1.29 is 19.7 Å². The Morgan fingerprint density at radius 1 is 0.483 bits per heavy atom. The molecular weight excluding hydrogens is 789 g/mol. The van der Waals surface area contributed by atoms with Gasteiger partial charge in [0.15, 0.2) is 0 Å². The molecule has 4 aromatic carbocycles. The molecule has 0 amide bonds. The maximum Gasteiger partial charge on any atom is 0.290 e. The molecule has 0 aliphatic rings. The van der Waals surface area contributed by atoms with Crippen molar-refractivity contribution in [3.05, 3.63) is 148 Å². The van der Waals surface area contributed by atoms with E-state index in [-0.39, 0.29) is 32.5 Å². The van der Waals surface area contributed by atoms with Gasteiger partial charge in [-0.15, -0.1) is 20.4 Å². The summed E-state index contributed by atoms with van der Waals surface area (Å²) >= 11 is 2.06. The van der Waals surface area contributed by atoms with Crippen LogP contribution in [0.15, 0.2) is 105 Å². The highest BCUT2D eigenvalue weighted by Crippen LogP contribution is 2.39. The summed E-state index contributed by atoms with van der Waals surface area (Å²) in [6.45, 7) is 3.94. The molecule has 58 heavy (non-hydrogen) atoms. The van der Waals surface area contributed by atoms with Crippen LogP contribution < -0.4 is 0 Å². The topological polar surface area (TPSA) is 234 Å². The molecule has 2 aromatic heterocycles. The van der Waals surface area contributed by atoms with E-state index in [0.717, 1.165) is 96.7 Å². The van der Waals surface area contributed by atoms with Crippen molar-refractivity contribution in [1.29, 1.82) is 0 Å². The number of hydrogen-bond acceptors (Lipinski definition) is 14. The van der Waals surface area contributed by atoms with Gasteiger partial charge in [-0.2, -0.15) is 0 Å². The molecule has 0 aliphatic carbocycles. The Hall–Kier alpha value is -6.54. The van der Waals surface area contributed by atoms with E-state index in [1.807, 2.05) is 71.5 Å². The van der Waals surface area contributed by atoms with E-state index < -0.39 is 19.7 Å². The second kappa shape index (κ2) is 18.6. The molecule has 0 saturated heterocycles. The third-order valence-electron chi connectivity index (χ3n) is 9.14. The van der Waals surface area contributed by atoms with E-state index in [1.54, 1.807) is 0 Å². The van der Waals surface area contributed by atoms with Crippen molar-refractivity contribution in [3.8, 4) is 11.4 Å². The molecule has 18 nitrogen and oxygen atoms in total. The monoisotopic (exact) mass is 824 g/mol. The van der Waals surface area contributed by atoms with Gasteiger partial charge in [0.05, 0.1) is 41.6 Å². The number of hydrogen-bond donors (Lipinski definition) is 0. The third kappa shape index (κ3) is 9.87. The largest absolute Gasteiger partial charge is 0.290 e. The van der Waals surface area contributed by atoms with Gasteiger partial charge in [0.2, 0.25) is 10.3 Å². The number of aryl methyl sites for hydroxylation is 4. The molecular formula is C38H36N10O8S2. The third-order valence-corrected chi connectivity index (χ3v) is 11.2. The lowest BCUT2D eigenvalue weighted by molar-refractivity contribution is -0.396. The Balaban J connectivity index is 1.08. The van der Waals surface area contributed by atoms with Crippen LogP contribution in [0.1, 0.15) is 61.3 Å². The molecule has 298 valence electrons. The SMILES string of the molecule is Cc1ccc(-n2c(CCCCCCCCc3nnc(Sc4ccc([N+](=O)[O-])cc4[N+](=O)[O-])n3-c3ccc(C)cc3)nnc2Sc2ccc([N+](=O)[O-])cc2[N+](=O)[O-])cc1. The first kappa shape index (κ1) is 41.1. The summed E-state index contributed by atoms with van der Waals surface area (Å²) in [5, 5.41) is 64.6. The first-order valence-electron chi connectivity index (χ1n) is 18.1. The fraction of sp³-hybridized carbons (Fsp3) is 0.263. The summed E-state index contributed by atoms with van der Waals surface area (Å²) in [4.78, 5) is 43.9. The molecule has 0 N–H and O–H groups in total. The van der Waals surface area contributed by atoms with Crippen molar-refractivity contribution in [2.45, 2.75) is 85.3 Å². The van der Waals surface area contributed by atoms with E-state index in [0.29, 0.717) is 34.8 Å². The number of aromatic nitrogens is 6. The van der Waals surface area contributed by atoms with Crippen LogP contribution in [0.25, 0.3) is 11.4 Å². The van der Waals surface area contributed by atoms with E-state index >= 15 is 0 Å². The van der Waals surface area contributed by atoms with Crippen molar-refractivity contribution in [1.82, 2.24) is 29.5 Å². The highest BCUT2D eigenvalue weighted by molar-refractivity contribution is 7.99. The number of nitro groups is 4. The molecule has 0 fully saturated rings. The summed E-state index contributed by atoms with van der Waals surface area (Å²) in [7, 11) is 0. The molecule has 0 radical (unpaired) electrons. The van der Waals surface area contributed by atoms with E-state index in [2.05, 4.69) is 20.4 Å². The summed E-state index contributed by atoms with van der Waals surface area (Å²) in [6, 6.07) is 22.6. The summed E-state index contributed by atoms with van der Waals surface area (Å²) in [5.74, 6) is 1.39. The van der Waals surface area contributed by atoms with Gasteiger partial charge in [-0.25, -0.2) is 0 Å². The van der Waals surface area contributed by atoms with Gasteiger partial charge < -0.3 is 0 Å². The second-order valence-electron chi connectivity index (χ2n) is 13.3.